The number of nitrogens with zero attached hydrogens (tertiary/aromatic N) is 3. The van der Waals surface area contributed by atoms with Crippen molar-refractivity contribution in [1.82, 2.24) is 15.1 Å². The molecule has 3 heterocycles. The van der Waals surface area contributed by atoms with Gasteiger partial charge in [0.05, 0.1) is 11.4 Å². The maximum Gasteiger partial charge on any atom is 0.277 e. The van der Waals surface area contributed by atoms with E-state index in [-0.39, 0.29) is 24.4 Å². The lowest BCUT2D eigenvalue weighted by Gasteiger charge is -2.44. The summed E-state index contributed by atoms with van der Waals surface area (Å²) in [5, 5.41) is 10.4. The maximum absolute atomic E-state index is 13.8. The molecular weight excluding hydrogens is 444 g/mol. The van der Waals surface area contributed by atoms with Gasteiger partial charge in [-0.2, -0.15) is 5.10 Å². The van der Waals surface area contributed by atoms with Crippen LogP contribution in [-0.4, -0.2) is 33.2 Å². The van der Waals surface area contributed by atoms with E-state index in [1.807, 2.05) is 36.6 Å². The van der Waals surface area contributed by atoms with Gasteiger partial charge in [0, 0.05) is 16.8 Å². The molecule has 0 bridgehead atoms. The van der Waals surface area contributed by atoms with E-state index in [4.69, 9.17) is 11.6 Å². The Kier molecular flexibility index (Phi) is 5.55. The van der Waals surface area contributed by atoms with Gasteiger partial charge in [0.1, 0.15) is 16.9 Å². The molecule has 0 spiro atoms. The van der Waals surface area contributed by atoms with Crippen molar-refractivity contribution in [2.75, 3.05) is 4.90 Å². The van der Waals surface area contributed by atoms with Crippen LogP contribution in [0.1, 0.15) is 49.5 Å². The van der Waals surface area contributed by atoms with Gasteiger partial charge in [-0.1, -0.05) is 43.0 Å². The van der Waals surface area contributed by atoms with Crippen molar-refractivity contribution >= 4 is 40.4 Å². The molecule has 1 fully saturated rings. The van der Waals surface area contributed by atoms with Crippen LogP contribution in [0.3, 0.4) is 0 Å². The third-order valence-corrected chi connectivity index (χ3v) is 7.55. The van der Waals surface area contributed by atoms with Crippen molar-refractivity contribution in [3.05, 3.63) is 58.6 Å². The zero-order valence-corrected chi connectivity index (χ0v) is 19.5. The summed E-state index contributed by atoms with van der Waals surface area (Å²) in [6, 6.07) is 13.0. The Morgan fingerprint density at radius 2 is 2.00 bits per heavy atom. The highest BCUT2D eigenvalue weighted by Crippen LogP contribution is 2.36. The van der Waals surface area contributed by atoms with Crippen LogP contribution in [0.4, 0.5) is 5.69 Å². The molecule has 2 aromatic heterocycles. The first-order chi connectivity index (χ1) is 15.5. The molecule has 1 aliphatic carbocycles. The van der Waals surface area contributed by atoms with Crippen LogP contribution >= 0.6 is 22.9 Å². The summed E-state index contributed by atoms with van der Waals surface area (Å²) in [5.74, 6) is -0.410. The molecule has 1 aliphatic heterocycles. The molecule has 6 nitrogen and oxygen atoms in total. The zero-order valence-electron chi connectivity index (χ0n) is 17.9. The van der Waals surface area contributed by atoms with Gasteiger partial charge in [0.2, 0.25) is 5.91 Å². The molecule has 166 valence electrons. The number of benzene rings is 1. The molecule has 1 aromatic carbocycles. The SMILES string of the molecule is C[C@]1(C(=O)NC2CCCCC2)Cn2nc(-c3cccs3)cc2C(=O)N1c1cccc(Cl)c1. The van der Waals surface area contributed by atoms with Crippen LogP contribution in [0.25, 0.3) is 10.6 Å². The van der Waals surface area contributed by atoms with E-state index in [0.29, 0.717) is 16.4 Å². The number of rotatable bonds is 4. The molecule has 5 rings (SSSR count). The fourth-order valence-electron chi connectivity index (χ4n) is 4.73. The van der Waals surface area contributed by atoms with Crippen molar-refractivity contribution in [3.8, 4) is 10.6 Å². The number of carbonyl (C=O) groups is 2. The number of hydrogen-bond acceptors (Lipinski definition) is 4. The summed E-state index contributed by atoms with van der Waals surface area (Å²) in [4.78, 5) is 30.0. The van der Waals surface area contributed by atoms with Crippen molar-refractivity contribution in [3.63, 3.8) is 0 Å². The lowest BCUT2D eigenvalue weighted by Crippen LogP contribution is -2.65. The molecule has 1 saturated carbocycles. The normalized spacial score (nSPS) is 21.4. The van der Waals surface area contributed by atoms with Crippen molar-refractivity contribution in [2.45, 2.75) is 57.2 Å². The van der Waals surface area contributed by atoms with E-state index >= 15 is 0 Å². The van der Waals surface area contributed by atoms with Crippen LogP contribution < -0.4 is 10.2 Å². The number of amides is 2. The first-order valence-electron chi connectivity index (χ1n) is 11.0. The summed E-state index contributed by atoms with van der Waals surface area (Å²) in [6.07, 6.45) is 5.39. The number of fused-ring (bicyclic) bond motifs is 1. The van der Waals surface area contributed by atoms with Gasteiger partial charge in [-0.05, 0) is 55.5 Å². The van der Waals surface area contributed by atoms with Gasteiger partial charge < -0.3 is 5.32 Å². The minimum absolute atomic E-state index is 0.144. The second kappa shape index (κ2) is 8.37. The highest BCUT2D eigenvalue weighted by atomic mass is 35.5. The Bertz CT molecular complexity index is 1150. The standard InChI is InChI=1S/C24H25ClN4O2S/c1-24(23(31)26-17-8-3-2-4-9-17)15-28-20(14-19(27-28)21-11-6-12-32-21)22(30)29(24)18-10-5-7-16(25)13-18/h5-7,10-14,17H,2-4,8-9,15H2,1H3,(H,26,31)/t24-/m1/s1. The van der Waals surface area contributed by atoms with Crippen molar-refractivity contribution in [2.24, 2.45) is 0 Å². The molecule has 2 aliphatic rings. The lowest BCUT2D eigenvalue weighted by molar-refractivity contribution is -0.127. The van der Waals surface area contributed by atoms with E-state index in [9.17, 15) is 9.59 Å². The third kappa shape index (κ3) is 3.73. The van der Waals surface area contributed by atoms with Gasteiger partial charge in [-0.3, -0.25) is 19.2 Å². The van der Waals surface area contributed by atoms with Crippen LogP contribution in [0.5, 0.6) is 0 Å². The minimum atomic E-state index is -1.13. The molecule has 3 aromatic rings. The Labute approximate surface area is 196 Å². The van der Waals surface area contributed by atoms with Crippen LogP contribution in [0.15, 0.2) is 47.8 Å². The number of nitrogens with one attached hydrogen (secondary N) is 1. The second-order valence-electron chi connectivity index (χ2n) is 8.75. The first kappa shape index (κ1) is 21.2. The summed E-state index contributed by atoms with van der Waals surface area (Å²) in [6.45, 7) is 2.09. The number of carbonyl (C=O) groups excluding carboxylic acids is 2. The highest BCUT2D eigenvalue weighted by molar-refractivity contribution is 7.13. The predicted octanol–water partition coefficient (Wildman–Crippen LogP) is 5.13. The number of aromatic nitrogens is 2. The Balaban J connectivity index is 1.56. The van der Waals surface area contributed by atoms with Gasteiger partial charge in [-0.25, -0.2) is 0 Å². The number of hydrogen-bond donors (Lipinski definition) is 1. The zero-order chi connectivity index (χ0) is 22.3. The van der Waals surface area contributed by atoms with Crippen molar-refractivity contribution in [1.29, 1.82) is 0 Å². The summed E-state index contributed by atoms with van der Waals surface area (Å²) in [5.41, 5.74) is 0.682. The molecule has 32 heavy (non-hydrogen) atoms. The molecule has 0 radical (unpaired) electrons. The van der Waals surface area contributed by atoms with E-state index < -0.39 is 5.54 Å². The third-order valence-electron chi connectivity index (χ3n) is 6.42. The van der Waals surface area contributed by atoms with Gasteiger partial charge >= 0.3 is 0 Å². The average Bonchev–Trinajstić information content (AvgIpc) is 3.44. The lowest BCUT2D eigenvalue weighted by atomic mass is 9.91. The maximum atomic E-state index is 13.8. The molecule has 0 unspecified atom stereocenters. The molecular formula is C24H25ClN4O2S. The summed E-state index contributed by atoms with van der Waals surface area (Å²) in [7, 11) is 0. The van der Waals surface area contributed by atoms with E-state index in [0.717, 1.165) is 36.3 Å². The van der Waals surface area contributed by atoms with E-state index in [1.165, 1.54) is 6.42 Å². The summed E-state index contributed by atoms with van der Waals surface area (Å²) < 4.78 is 1.68. The Hall–Kier alpha value is -2.64. The van der Waals surface area contributed by atoms with Gasteiger partial charge in [0.15, 0.2) is 0 Å². The molecule has 2 amide bonds. The molecule has 0 saturated heterocycles. The molecule has 1 atom stereocenters. The van der Waals surface area contributed by atoms with Crippen molar-refractivity contribution < 1.29 is 9.59 Å². The first-order valence-corrected chi connectivity index (χ1v) is 12.2. The smallest absolute Gasteiger partial charge is 0.277 e. The van der Waals surface area contributed by atoms with Crippen LogP contribution in [-0.2, 0) is 11.3 Å². The van der Waals surface area contributed by atoms with E-state index in [2.05, 4.69) is 10.4 Å². The topological polar surface area (TPSA) is 67.2 Å². The number of thiophene rings is 1. The average molecular weight is 469 g/mol. The molecule has 8 heteroatoms. The van der Waals surface area contributed by atoms with Crippen LogP contribution in [0.2, 0.25) is 5.02 Å². The predicted molar refractivity (Wildman–Crippen MR) is 127 cm³/mol. The fourth-order valence-corrected chi connectivity index (χ4v) is 5.60. The summed E-state index contributed by atoms with van der Waals surface area (Å²) >= 11 is 7.83. The van der Waals surface area contributed by atoms with E-state index in [1.54, 1.807) is 39.1 Å². The quantitative estimate of drug-likeness (QED) is 0.577. The number of halogens is 1. The largest absolute Gasteiger partial charge is 0.351 e. The second-order valence-corrected chi connectivity index (χ2v) is 10.1. The highest BCUT2D eigenvalue weighted by Gasteiger charge is 2.49. The number of anilines is 1. The van der Waals surface area contributed by atoms with Gasteiger partial charge in [0.25, 0.3) is 5.91 Å². The Morgan fingerprint density at radius 3 is 2.72 bits per heavy atom. The van der Waals surface area contributed by atoms with Crippen LogP contribution in [0, 0.1) is 0 Å². The Morgan fingerprint density at radius 1 is 1.19 bits per heavy atom. The molecule has 1 N–H and O–H groups in total. The fraction of sp³-hybridized carbons (Fsp3) is 0.375. The monoisotopic (exact) mass is 468 g/mol. The van der Waals surface area contributed by atoms with Gasteiger partial charge in [-0.15, -0.1) is 11.3 Å². The minimum Gasteiger partial charge on any atom is -0.351 e.